The highest BCUT2D eigenvalue weighted by Crippen LogP contribution is 2.21. The zero-order valence-electron chi connectivity index (χ0n) is 7.72. The summed E-state index contributed by atoms with van der Waals surface area (Å²) >= 11 is 7.46. The molecule has 0 bridgehead atoms. The molecule has 1 amide bonds. The molecule has 0 unspecified atom stereocenters. The van der Waals surface area contributed by atoms with Crippen molar-refractivity contribution in [2.24, 2.45) is 5.92 Å². The summed E-state index contributed by atoms with van der Waals surface area (Å²) in [4.78, 5) is 11.1. The van der Waals surface area contributed by atoms with Gasteiger partial charge in [-0.25, -0.2) is 0 Å². The predicted octanol–water partition coefficient (Wildman–Crippen LogP) is 1.87. The standard InChI is InChI=1S/C9H16ClNOS/c10-4-1-9(12)11-7-8-2-5-13-6-3-8/h8H,1-7H2,(H,11,12). The van der Waals surface area contributed by atoms with E-state index in [9.17, 15) is 4.79 Å². The van der Waals surface area contributed by atoms with E-state index in [0.29, 0.717) is 18.2 Å². The van der Waals surface area contributed by atoms with Gasteiger partial charge in [0.2, 0.25) is 5.91 Å². The van der Waals surface area contributed by atoms with Crippen LogP contribution < -0.4 is 5.32 Å². The van der Waals surface area contributed by atoms with Crippen molar-refractivity contribution in [3.8, 4) is 0 Å². The number of nitrogens with one attached hydrogen (secondary N) is 1. The van der Waals surface area contributed by atoms with Crippen LogP contribution >= 0.6 is 23.4 Å². The van der Waals surface area contributed by atoms with Gasteiger partial charge in [-0.3, -0.25) is 4.79 Å². The van der Waals surface area contributed by atoms with Gasteiger partial charge in [0.05, 0.1) is 0 Å². The van der Waals surface area contributed by atoms with Crippen LogP contribution in [0.25, 0.3) is 0 Å². The number of thioether (sulfide) groups is 1. The van der Waals surface area contributed by atoms with Crippen molar-refractivity contribution < 1.29 is 4.79 Å². The van der Waals surface area contributed by atoms with Gasteiger partial charge in [0.1, 0.15) is 0 Å². The van der Waals surface area contributed by atoms with Crippen LogP contribution in [-0.2, 0) is 4.79 Å². The first-order chi connectivity index (χ1) is 6.33. The molecule has 0 spiro atoms. The molecule has 0 aliphatic carbocycles. The predicted molar refractivity (Wildman–Crippen MR) is 58.4 cm³/mol. The molecule has 1 N–H and O–H groups in total. The Morgan fingerprint density at radius 1 is 1.46 bits per heavy atom. The number of hydrogen-bond donors (Lipinski definition) is 1. The highest BCUT2D eigenvalue weighted by Gasteiger charge is 2.13. The summed E-state index contributed by atoms with van der Waals surface area (Å²) in [7, 11) is 0. The lowest BCUT2D eigenvalue weighted by Gasteiger charge is -2.21. The number of hydrogen-bond acceptors (Lipinski definition) is 2. The molecule has 0 aromatic heterocycles. The SMILES string of the molecule is O=C(CCCl)NCC1CCSCC1. The fourth-order valence-electron chi connectivity index (χ4n) is 1.38. The van der Waals surface area contributed by atoms with Gasteiger partial charge in [0.25, 0.3) is 0 Å². The Balaban J connectivity index is 2.06. The number of carbonyl (C=O) groups excluding carboxylic acids is 1. The molecule has 1 fully saturated rings. The third-order valence-corrected chi connectivity index (χ3v) is 3.49. The number of rotatable bonds is 4. The van der Waals surface area contributed by atoms with Crippen molar-refractivity contribution in [2.45, 2.75) is 19.3 Å². The van der Waals surface area contributed by atoms with Gasteiger partial charge >= 0.3 is 0 Å². The molecule has 1 saturated heterocycles. The van der Waals surface area contributed by atoms with Gasteiger partial charge in [0, 0.05) is 18.8 Å². The summed E-state index contributed by atoms with van der Waals surface area (Å²) < 4.78 is 0. The van der Waals surface area contributed by atoms with Gasteiger partial charge in [-0.2, -0.15) is 11.8 Å². The Morgan fingerprint density at radius 3 is 2.77 bits per heavy atom. The Hall–Kier alpha value is 0.110. The maximum atomic E-state index is 11.1. The van der Waals surface area contributed by atoms with Crippen LogP contribution in [0.15, 0.2) is 0 Å². The van der Waals surface area contributed by atoms with E-state index in [1.807, 2.05) is 11.8 Å². The van der Waals surface area contributed by atoms with E-state index >= 15 is 0 Å². The minimum Gasteiger partial charge on any atom is -0.356 e. The third-order valence-electron chi connectivity index (χ3n) is 2.25. The molecule has 1 aliphatic rings. The first-order valence-electron chi connectivity index (χ1n) is 4.73. The topological polar surface area (TPSA) is 29.1 Å². The van der Waals surface area contributed by atoms with E-state index in [0.717, 1.165) is 6.54 Å². The molecule has 2 nitrogen and oxygen atoms in total. The zero-order chi connectivity index (χ0) is 9.52. The summed E-state index contributed by atoms with van der Waals surface area (Å²) in [5.74, 6) is 3.70. The summed E-state index contributed by atoms with van der Waals surface area (Å²) in [6.07, 6.45) is 2.93. The second-order valence-corrected chi connectivity index (χ2v) is 4.90. The first-order valence-corrected chi connectivity index (χ1v) is 6.42. The van der Waals surface area contributed by atoms with Crippen LogP contribution in [0, 0.1) is 5.92 Å². The van der Waals surface area contributed by atoms with Crippen LogP contribution in [0.4, 0.5) is 0 Å². The second-order valence-electron chi connectivity index (χ2n) is 3.30. The summed E-state index contributed by atoms with van der Waals surface area (Å²) in [6, 6.07) is 0. The molecule has 0 atom stereocenters. The molecule has 4 heteroatoms. The minimum absolute atomic E-state index is 0.0910. The highest BCUT2D eigenvalue weighted by atomic mass is 35.5. The molecule has 0 aromatic rings. The lowest BCUT2D eigenvalue weighted by molar-refractivity contribution is -0.120. The molecule has 13 heavy (non-hydrogen) atoms. The average Bonchev–Trinajstić information content (AvgIpc) is 2.17. The molecule has 1 aliphatic heterocycles. The second kappa shape index (κ2) is 6.55. The molecular formula is C9H16ClNOS. The van der Waals surface area contributed by atoms with Gasteiger partial charge in [-0.15, -0.1) is 11.6 Å². The largest absolute Gasteiger partial charge is 0.356 e. The van der Waals surface area contributed by atoms with E-state index in [4.69, 9.17) is 11.6 Å². The number of halogens is 1. The van der Waals surface area contributed by atoms with E-state index < -0.39 is 0 Å². The summed E-state index contributed by atoms with van der Waals surface area (Å²) in [5.41, 5.74) is 0. The molecule has 0 radical (unpaired) electrons. The monoisotopic (exact) mass is 221 g/mol. The third kappa shape index (κ3) is 4.77. The van der Waals surface area contributed by atoms with Gasteiger partial charge in [-0.05, 0) is 30.3 Å². The van der Waals surface area contributed by atoms with Crippen LogP contribution in [0.1, 0.15) is 19.3 Å². The quantitative estimate of drug-likeness (QED) is 0.735. The number of carbonyl (C=O) groups is 1. The van der Waals surface area contributed by atoms with E-state index in [1.165, 1.54) is 24.3 Å². The Morgan fingerprint density at radius 2 is 2.15 bits per heavy atom. The average molecular weight is 222 g/mol. The Bertz CT molecular complexity index is 160. The molecule has 76 valence electrons. The smallest absolute Gasteiger partial charge is 0.221 e. The van der Waals surface area contributed by atoms with E-state index in [-0.39, 0.29) is 5.91 Å². The fourth-order valence-corrected chi connectivity index (χ4v) is 2.76. The van der Waals surface area contributed by atoms with Crippen LogP contribution in [0.2, 0.25) is 0 Å². The van der Waals surface area contributed by atoms with Gasteiger partial charge in [-0.1, -0.05) is 0 Å². The Kier molecular flexibility index (Phi) is 5.63. The van der Waals surface area contributed by atoms with Crippen molar-refractivity contribution in [1.82, 2.24) is 5.32 Å². The number of alkyl halides is 1. The minimum atomic E-state index is 0.0910. The molecule has 1 heterocycles. The van der Waals surface area contributed by atoms with Crippen molar-refractivity contribution in [3.05, 3.63) is 0 Å². The maximum absolute atomic E-state index is 11.1. The lowest BCUT2D eigenvalue weighted by Crippen LogP contribution is -2.30. The van der Waals surface area contributed by atoms with Crippen molar-refractivity contribution in [1.29, 1.82) is 0 Å². The molecular weight excluding hydrogens is 206 g/mol. The first kappa shape index (κ1) is 11.2. The molecule has 0 saturated carbocycles. The van der Waals surface area contributed by atoms with Crippen LogP contribution in [0.5, 0.6) is 0 Å². The summed E-state index contributed by atoms with van der Waals surface area (Å²) in [5, 5.41) is 2.92. The Labute approximate surface area is 88.8 Å². The van der Waals surface area contributed by atoms with Gasteiger partial charge in [0.15, 0.2) is 0 Å². The highest BCUT2D eigenvalue weighted by molar-refractivity contribution is 7.99. The molecule has 1 rings (SSSR count). The maximum Gasteiger partial charge on any atom is 0.221 e. The lowest BCUT2D eigenvalue weighted by atomic mass is 10.0. The van der Waals surface area contributed by atoms with E-state index in [2.05, 4.69) is 5.32 Å². The summed E-state index contributed by atoms with van der Waals surface area (Å²) in [6.45, 7) is 0.844. The van der Waals surface area contributed by atoms with Crippen LogP contribution in [-0.4, -0.2) is 29.8 Å². The fraction of sp³-hybridized carbons (Fsp3) is 0.889. The van der Waals surface area contributed by atoms with Crippen molar-refractivity contribution in [2.75, 3.05) is 23.9 Å². The molecule has 0 aromatic carbocycles. The van der Waals surface area contributed by atoms with Gasteiger partial charge < -0.3 is 5.32 Å². The van der Waals surface area contributed by atoms with Crippen molar-refractivity contribution >= 4 is 29.3 Å². The van der Waals surface area contributed by atoms with Crippen molar-refractivity contribution in [3.63, 3.8) is 0 Å². The zero-order valence-corrected chi connectivity index (χ0v) is 9.29. The van der Waals surface area contributed by atoms with Crippen LogP contribution in [0.3, 0.4) is 0 Å². The number of amides is 1. The normalized spacial score (nSPS) is 18.5. The van der Waals surface area contributed by atoms with E-state index in [1.54, 1.807) is 0 Å².